The summed E-state index contributed by atoms with van der Waals surface area (Å²) in [5.41, 5.74) is 4.11. The maximum atomic E-state index is 13.0. The Morgan fingerprint density at radius 1 is 0.667 bits per heavy atom. The molecule has 0 unspecified atom stereocenters. The smallest absolute Gasteiger partial charge is 0.307 e. The van der Waals surface area contributed by atoms with Crippen molar-refractivity contribution >= 4 is 17.6 Å². The Labute approximate surface area is 228 Å². The van der Waals surface area contributed by atoms with Crippen LogP contribution in [-0.2, 0) is 35.6 Å². The van der Waals surface area contributed by atoms with Gasteiger partial charge in [0.1, 0.15) is 0 Å². The molecule has 39 heavy (non-hydrogen) atoms. The van der Waals surface area contributed by atoms with Crippen molar-refractivity contribution in [2.24, 2.45) is 0 Å². The normalized spacial score (nSPS) is 11.0. The Balaban J connectivity index is 1.43. The van der Waals surface area contributed by atoms with Crippen LogP contribution in [0.1, 0.15) is 22.6 Å². The molecule has 4 aromatic rings. The minimum Gasteiger partial charge on any atom is -0.481 e. The lowest BCUT2D eigenvalue weighted by Gasteiger charge is -2.27. The van der Waals surface area contributed by atoms with Gasteiger partial charge in [-0.1, -0.05) is 30.3 Å². The van der Waals surface area contributed by atoms with Gasteiger partial charge in [0, 0.05) is 57.0 Å². The molecular weight excluding hydrogens is 492 g/mol. The minimum absolute atomic E-state index is 0.0560. The molecule has 1 amide bonds. The number of nitrogens with one attached hydrogen (secondary N) is 1. The predicted octanol–water partition coefficient (Wildman–Crippen LogP) is 3.64. The van der Waals surface area contributed by atoms with E-state index in [2.05, 4.69) is 30.1 Å². The Morgan fingerprint density at radius 2 is 1.15 bits per heavy atom. The van der Waals surface area contributed by atoms with Crippen molar-refractivity contribution in [3.05, 3.63) is 120 Å². The van der Waals surface area contributed by atoms with Crippen LogP contribution in [0.5, 0.6) is 0 Å². The van der Waals surface area contributed by atoms with Gasteiger partial charge in [-0.25, -0.2) is 0 Å². The largest absolute Gasteiger partial charge is 0.481 e. The highest BCUT2D eigenvalue weighted by Crippen LogP contribution is 2.12. The molecule has 0 aliphatic rings. The van der Waals surface area contributed by atoms with E-state index in [0.717, 1.165) is 17.1 Å². The van der Waals surface area contributed by atoms with Crippen molar-refractivity contribution in [3.63, 3.8) is 0 Å². The standard InChI is InChI=1S/C30H32N6O3/c37-29(34-25-12-10-24(11-13-25)19-30(38)39)23-36(22-28-9-3-6-16-33-28)18-17-35(20-26-7-1-4-14-31-26)21-27-8-2-5-15-32-27/h1-16H,17-23H2,(H,34,37)(H,38,39). The lowest BCUT2D eigenvalue weighted by molar-refractivity contribution is -0.136. The number of aliphatic carboxylic acids is 1. The molecule has 0 aliphatic carbocycles. The van der Waals surface area contributed by atoms with Crippen molar-refractivity contribution in [3.8, 4) is 0 Å². The minimum atomic E-state index is -0.892. The summed E-state index contributed by atoms with van der Waals surface area (Å²) >= 11 is 0. The molecule has 3 heterocycles. The highest BCUT2D eigenvalue weighted by Gasteiger charge is 2.16. The molecule has 0 aliphatic heterocycles. The first-order valence-electron chi connectivity index (χ1n) is 12.8. The van der Waals surface area contributed by atoms with E-state index in [0.29, 0.717) is 44.0 Å². The van der Waals surface area contributed by atoms with Crippen molar-refractivity contribution in [2.45, 2.75) is 26.1 Å². The number of carbonyl (C=O) groups excluding carboxylic acids is 1. The van der Waals surface area contributed by atoms with Crippen LogP contribution >= 0.6 is 0 Å². The summed E-state index contributed by atoms with van der Waals surface area (Å²) in [5.74, 6) is -1.05. The lowest BCUT2D eigenvalue weighted by atomic mass is 10.1. The highest BCUT2D eigenvalue weighted by atomic mass is 16.4. The third-order valence-corrected chi connectivity index (χ3v) is 6.03. The number of carboxylic acids is 1. The summed E-state index contributed by atoms with van der Waals surface area (Å²) in [5, 5.41) is 11.9. The van der Waals surface area contributed by atoms with Gasteiger partial charge in [-0.15, -0.1) is 0 Å². The molecule has 9 heteroatoms. The van der Waals surface area contributed by atoms with Crippen LogP contribution in [0.2, 0.25) is 0 Å². The van der Waals surface area contributed by atoms with Gasteiger partial charge in [0.15, 0.2) is 0 Å². The number of hydrogen-bond donors (Lipinski definition) is 2. The number of amides is 1. The number of anilines is 1. The van der Waals surface area contributed by atoms with E-state index >= 15 is 0 Å². The summed E-state index contributed by atoms with van der Waals surface area (Å²) < 4.78 is 0. The molecule has 200 valence electrons. The Morgan fingerprint density at radius 3 is 1.62 bits per heavy atom. The predicted molar refractivity (Wildman–Crippen MR) is 149 cm³/mol. The molecule has 0 bridgehead atoms. The third kappa shape index (κ3) is 9.73. The van der Waals surface area contributed by atoms with Gasteiger partial charge in [0.2, 0.25) is 5.91 Å². The van der Waals surface area contributed by atoms with Gasteiger partial charge in [-0.3, -0.25) is 34.3 Å². The summed E-state index contributed by atoms with van der Waals surface area (Å²) in [7, 11) is 0. The summed E-state index contributed by atoms with van der Waals surface area (Å²) in [6, 6.07) is 24.4. The van der Waals surface area contributed by atoms with E-state index in [1.165, 1.54) is 0 Å². The van der Waals surface area contributed by atoms with Crippen LogP contribution in [0.3, 0.4) is 0 Å². The Bertz CT molecular complexity index is 1260. The molecule has 0 saturated carbocycles. The lowest BCUT2D eigenvalue weighted by Crippen LogP contribution is -2.39. The van der Waals surface area contributed by atoms with Crippen LogP contribution in [0.4, 0.5) is 5.69 Å². The molecule has 9 nitrogen and oxygen atoms in total. The van der Waals surface area contributed by atoms with Crippen LogP contribution in [0, 0.1) is 0 Å². The van der Waals surface area contributed by atoms with Gasteiger partial charge in [-0.2, -0.15) is 0 Å². The van der Waals surface area contributed by atoms with Crippen LogP contribution in [0.25, 0.3) is 0 Å². The maximum Gasteiger partial charge on any atom is 0.307 e. The zero-order valence-corrected chi connectivity index (χ0v) is 21.7. The van der Waals surface area contributed by atoms with Gasteiger partial charge in [0.05, 0.1) is 30.0 Å². The quantitative estimate of drug-likeness (QED) is 0.257. The highest BCUT2D eigenvalue weighted by molar-refractivity contribution is 5.92. The van der Waals surface area contributed by atoms with E-state index < -0.39 is 5.97 Å². The maximum absolute atomic E-state index is 13.0. The second-order valence-corrected chi connectivity index (χ2v) is 9.20. The SMILES string of the molecule is O=C(O)Cc1ccc(NC(=O)CN(CCN(Cc2ccccn2)Cc2ccccn2)Cc2ccccn2)cc1. The molecule has 0 saturated heterocycles. The number of carbonyl (C=O) groups is 2. The van der Waals surface area contributed by atoms with E-state index in [4.69, 9.17) is 5.11 Å². The number of rotatable bonds is 14. The molecule has 4 rings (SSSR count). The van der Waals surface area contributed by atoms with Gasteiger partial charge in [-0.05, 0) is 54.1 Å². The monoisotopic (exact) mass is 524 g/mol. The second kappa shape index (κ2) is 14.5. The average molecular weight is 525 g/mol. The van der Waals surface area contributed by atoms with Crippen LogP contribution < -0.4 is 5.32 Å². The Kier molecular flexibility index (Phi) is 10.2. The van der Waals surface area contributed by atoms with E-state index in [9.17, 15) is 9.59 Å². The number of aromatic nitrogens is 3. The molecule has 3 aromatic heterocycles. The Hall–Kier alpha value is -4.47. The van der Waals surface area contributed by atoms with Crippen molar-refractivity contribution in [1.82, 2.24) is 24.8 Å². The van der Waals surface area contributed by atoms with Gasteiger partial charge in [0.25, 0.3) is 0 Å². The fourth-order valence-electron chi connectivity index (χ4n) is 4.16. The number of nitrogens with zero attached hydrogens (tertiary/aromatic N) is 5. The van der Waals surface area contributed by atoms with Crippen molar-refractivity contribution < 1.29 is 14.7 Å². The summed E-state index contributed by atoms with van der Waals surface area (Å²) in [6.45, 7) is 3.33. The number of pyridine rings is 3. The first kappa shape index (κ1) is 27.6. The van der Waals surface area contributed by atoms with E-state index in [1.807, 2.05) is 54.6 Å². The number of hydrogen-bond acceptors (Lipinski definition) is 7. The second-order valence-electron chi connectivity index (χ2n) is 9.20. The van der Waals surface area contributed by atoms with Crippen LogP contribution in [-0.4, -0.2) is 61.4 Å². The van der Waals surface area contributed by atoms with Crippen molar-refractivity contribution in [2.75, 3.05) is 25.0 Å². The third-order valence-electron chi connectivity index (χ3n) is 6.03. The average Bonchev–Trinajstić information content (AvgIpc) is 2.94. The molecule has 0 fully saturated rings. The zero-order valence-electron chi connectivity index (χ0n) is 21.7. The first-order chi connectivity index (χ1) is 19.0. The summed E-state index contributed by atoms with van der Waals surface area (Å²) in [6.07, 6.45) is 5.28. The fraction of sp³-hybridized carbons (Fsp3) is 0.233. The van der Waals surface area contributed by atoms with Gasteiger partial charge < -0.3 is 10.4 Å². The number of carboxylic acid groups (broad SMARTS) is 1. The number of benzene rings is 1. The molecule has 0 spiro atoms. The topological polar surface area (TPSA) is 112 Å². The molecule has 0 atom stereocenters. The molecule has 2 N–H and O–H groups in total. The molecule has 1 aromatic carbocycles. The zero-order chi connectivity index (χ0) is 27.3. The first-order valence-corrected chi connectivity index (χ1v) is 12.8. The van der Waals surface area contributed by atoms with Gasteiger partial charge >= 0.3 is 5.97 Å². The summed E-state index contributed by atoms with van der Waals surface area (Å²) in [4.78, 5) is 41.7. The van der Waals surface area contributed by atoms with Crippen LogP contribution in [0.15, 0.2) is 97.5 Å². The van der Waals surface area contributed by atoms with Crippen molar-refractivity contribution in [1.29, 1.82) is 0 Å². The van der Waals surface area contributed by atoms with E-state index in [-0.39, 0.29) is 18.9 Å². The molecule has 0 radical (unpaired) electrons. The fourth-order valence-corrected chi connectivity index (χ4v) is 4.16. The van der Waals surface area contributed by atoms with E-state index in [1.54, 1.807) is 42.9 Å². The molecular formula is C30H32N6O3.